The predicted octanol–water partition coefficient (Wildman–Crippen LogP) is 1.78. The molecule has 1 aliphatic rings. The molecule has 0 bridgehead atoms. The highest BCUT2D eigenvalue weighted by Crippen LogP contribution is 2.27. The minimum absolute atomic E-state index is 0.614. The number of hydrogen-bond donors (Lipinski definition) is 1. The van der Waals surface area contributed by atoms with Crippen LogP contribution in [0.3, 0.4) is 0 Å². The van der Waals surface area contributed by atoms with Gasteiger partial charge in [-0.05, 0) is 19.4 Å². The van der Waals surface area contributed by atoms with Crippen LogP contribution < -0.4 is 5.73 Å². The Balaban J connectivity index is 2.22. The summed E-state index contributed by atoms with van der Waals surface area (Å²) in [6, 6.07) is 2.50. The summed E-state index contributed by atoms with van der Waals surface area (Å²) in [4.78, 5) is 6.79. The minimum Gasteiger partial charge on any atom is -0.398 e. The maximum atomic E-state index is 5.91. The number of aromatic nitrogens is 1. The van der Waals surface area contributed by atoms with Gasteiger partial charge in [0.25, 0.3) is 0 Å². The molecule has 2 N–H and O–H groups in total. The maximum Gasteiger partial charge on any atom is 0.0609 e. The van der Waals surface area contributed by atoms with Crippen molar-refractivity contribution in [3.8, 4) is 0 Å². The van der Waals surface area contributed by atoms with Gasteiger partial charge in [-0.15, -0.1) is 0 Å². The Labute approximate surface area is 84.9 Å². The van der Waals surface area contributed by atoms with E-state index in [9.17, 15) is 0 Å². The fourth-order valence-corrected chi connectivity index (χ4v) is 1.89. The number of fused-ring (bicyclic) bond motifs is 1. The van der Waals surface area contributed by atoms with Crippen molar-refractivity contribution in [3.63, 3.8) is 0 Å². The summed E-state index contributed by atoms with van der Waals surface area (Å²) in [6.45, 7) is 6.38. The average Bonchev–Trinajstić information content (AvgIpc) is 2.62. The minimum atomic E-state index is 0.614. The Bertz CT molecular complexity index is 335. The molecule has 0 saturated heterocycles. The first kappa shape index (κ1) is 9.46. The highest BCUT2D eigenvalue weighted by atomic mass is 15.2. The lowest BCUT2D eigenvalue weighted by atomic mass is 10.2. The van der Waals surface area contributed by atoms with E-state index in [-0.39, 0.29) is 0 Å². The van der Waals surface area contributed by atoms with Gasteiger partial charge in [0.15, 0.2) is 0 Å². The summed E-state index contributed by atoms with van der Waals surface area (Å²) in [6.07, 6.45) is 2.97. The van der Waals surface area contributed by atoms with Gasteiger partial charge in [0.2, 0.25) is 0 Å². The molecule has 0 spiro atoms. The van der Waals surface area contributed by atoms with E-state index in [1.165, 1.54) is 12.0 Å². The van der Waals surface area contributed by atoms with E-state index < -0.39 is 0 Å². The second kappa shape index (κ2) is 3.58. The van der Waals surface area contributed by atoms with Crippen molar-refractivity contribution in [2.75, 3.05) is 5.73 Å². The number of pyridine rings is 1. The van der Waals surface area contributed by atoms with Gasteiger partial charge in [0.1, 0.15) is 0 Å². The van der Waals surface area contributed by atoms with E-state index in [2.05, 4.69) is 23.7 Å². The van der Waals surface area contributed by atoms with Gasteiger partial charge in [0.05, 0.1) is 5.69 Å². The molecule has 1 aromatic heterocycles. The highest BCUT2D eigenvalue weighted by Gasteiger charge is 2.24. The second-order valence-electron chi connectivity index (χ2n) is 3.99. The van der Waals surface area contributed by atoms with E-state index in [1.54, 1.807) is 6.20 Å². The fraction of sp³-hybridized carbons (Fsp3) is 0.545. The molecule has 3 nitrogen and oxygen atoms in total. The van der Waals surface area contributed by atoms with Crippen LogP contribution in [0, 0.1) is 0 Å². The van der Waals surface area contributed by atoms with Crippen LogP contribution in [-0.2, 0) is 13.1 Å². The Morgan fingerprint density at radius 3 is 3.00 bits per heavy atom. The van der Waals surface area contributed by atoms with Gasteiger partial charge in [-0.2, -0.15) is 0 Å². The van der Waals surface area contributed by atoms with Gasteiger partial charge >= 0.3 is 0 Å². The van der Waals surface area contributed by atoms with Crippen LogP contribution in [0.2, 0.25) is 0 Å². The zero-order valence-corrected chi connectivity index (χ0v) is 8.83. The second-order valence-corrected chi connectivity index (χ2v) is 3.99. The normalized spacial score (nSPS) is 18.1. The summed E-state index contributed by atoms with van der Waals surface area (Å²) in [5.74, 6) is 0. The molecule has 0 aliphatic carbocycles. The lowest BCUT2D eigenvalue weighted by Gasteiger charge is -2.21. The summed E-state index contributed by atoms with van der Waals surface area (Å²) in [7, 11) is 0. The van der Waals surface area contributed by atoms with Crippen molar-refractivity contribution in [2.45, 2.75) is 39.4 Å². The Kier molecular flexibility index (Phi) is 2.42. The first-order valence-electron chi connectivity index (χ1n) is 5.18. The largest absolute Gasteiger partial charge is 0.398 e. The molecule has 0 saturated carbocycles. The van der Waals surface area contributed by atoms with Crippen molar-refractivity contribution in [2.24, 2.45) is 0 Å². The summed E-state index contributed by atoms with van der Waals surface area (Å²) in [5, 5.41) is 0. The Morgan fingerprint density at radius 1 is 1.57 bits per heavy atom. The first-order chi connectivity index (χ1) is 6.72. The number of anilines is 1. The molecule has 0 amide bonds. The van der Waals surface area contributed by atoms with Gasteiger partial charge in [-0.25, -0.2) is 0 Å². The maximum absolute atomic E-state index is 5.91. The molecule has 3 heteroatoms. The smallest absolute Gasteiger partial charge is 0.0609 e. The lowest BCUT2D eigenvalue weighted by molar-refractivity contribution is 0.207. The molecule has 0 radical (unpaired) electrons. The van der Waals surface area contributed by atoms with E-state index in [1.807, 2.05) is 6.07 Å². The van der Waals surface area contributed by atoms with Crippen LogP contribution in [0.1, 0.15) is 31.5 Å². The van der Waals surface area contributed by atoms with Crippen LogP contribution in [0.15, 0.2) is 12.3 Å². The van der Waals surface area contributed by atoms with Crippen molar-refractivity contribution in [3.05, 3.63) is 23.5 Å². The predicted molar refractivity (Wildman–Crippen MR) is 57.6 cm³/mol. The van der Waals surface area contributed by atoms with E-state index in [4.69, 9.17) is 5.73 Å². The molecule has 1 unspecified atom stereocenters. The third kappa shape index (κ3) is 1.48. The Hall–Kier alpha value is -1.09. The van der Waals surface area contributed by atoms with Gasteiger partial charge < -0.3 is 5.73 Å². The molecule has 1 aromatic rings. The average molecular weight is 191 g/mol. The number of nitrogen functional groups attached to an aromatic ring is 1. The van der Waals surface area contributed by atoms with Crippen molar-refractivity contribution in [1.29, 1.82) is 0 Å². The SMILES string of the molecule is CCC(C)N1Cc2nccc(N)c2C1. The molecular formula is C11H17N3. The molecule has 76 valence electrons. The van der Waals surface area contributed by atoms with Crippen LogP contribution in [0.5, 0.6) is 0 Å². The fourth-order valence-electron chi connectivity index (χ4n) is 1.89. The lowest BCUT2D eigenvalue weighted by Crippen LogP contribution is -2.27. The van der Waals surface area contributed by atoms with E-state index in [0.29, 0.717) is 6.04 Å². The zero-order valence-electron chi connectivity index (χ0n) is 8.83. The molecule has 14 heavy (non-hydrogen) atoms. The van der Waals surface area contributed by atoms with Crippen LogP contribution >= 0.6 is 0 Å². The van der Waals surface area contributed by atoms with Crippen molar-refractivity contribution >= 4 is 5.69 Å². The Morgan fingerprint density at radius 2 is 2.36 bits per heavy atom. The first-order valence-corrected chi connectivity index (χ1v) is 5.18. The van der Waals surface area contributed by atoms with Gasteiger partial charge in [0, 0.05) is 36.6 Å². The monoisotopic (exact) mass is 191 g/mol. The molecule has 0 fully saturated rings. The number of nitrogens with two attached hydrogens (primary N) is 1. The molecule has 1 atom stereocenters. The molecule has 2 rings (SSSR count). The van der Waals surface area contributed by atoms with Crippen molar-refractivity contribution in [1.82, 2.24) is 9.88 Å². The molecule has 1 aliphatic heterocycles. The number of rotatable bonds is 2. The summed E-state index contributed by atoms with van der Waals surface area (Å²) in [5.41, 5.74) is 9.19. The van der Waals surface area contributed by atoms with Crippen molar-refractivity contribution < 1.29 is 0 Å². The standard InChI is InChI=1S/C11H17N3/c1-3-8(2)14-6-9-10(12)4-5-13-11(9)7-14/h4-5,8H,3,6-7H2,1-2H3,(H2,12,13). The highest BCUT2D eigenvalue weighted by molar-refractivity contribution is 5.49. The number of nitrogens with zero attached hydrogens (tertiary/aromatic N) is 2. The molecular weight excluding hydrogens is 174 g/mol. The van der Waals surface area contributed by atoms with Gasteiger partial charge in [-0.1, -0.05) is 6.92 Å². The van der Waals surface area contributed by atoms with Crippen LogP contribution in [0.25, 0.3) is 0 Å². The summed E-state index contributed by atoms with van der Waals surface area (Å²) < 4.78 is 0. The molecule has 2 heterocycles. The van der Waals surface area contributed by atoms with E-state index in [0.717, 1.165) is 24.5 Å². The van der Waals surface area contributed by atoms with Crippen LogP contribution in [0.4, 0.5) is 5.69 Å². The summed E-state index contributed by atoms with van der Waals surface area (Å²) >= 11 is 0. The third-order valence-electron chi connectivity index (χ3n) is 3.11. The van der Waals surface area contributed by atoms with Gasteiger partial charge in [-0.3, -0.25) is 9.88 Å². The number of hydrogen-bond acceptors (Lipinski definition) is 3. The third-order valence-corrected chi connectivity index (χ3v) is 3.11. The van der Waals surface area contributed by atoms with E-state index >= 15 is 0 Å². The topological polar surface area (TPSA) is 42.2 Å². The molecule has 0 aromatic carbocycles. The van der Waals surface area contributed by atoms with Crippen LogP contribution in [-0.4, -0.2) is 15.9 Å². The zero-order chi connectivity index (χ0) is 10.1. The quantitative estimate of drug-likeness (QED) is 0.774.